The van der Waals surface area contributed by atoms with Crippen molar-refractivity contribution in [3.8, 4) is 0 Å². The molecule has 0 spiro atoms. The third-order valence-corrected chi connectivity index (χ3v) is 11.6. The second-order valence-electron chi connectivity index (χ2n) is 18.6. The highest BCUT2D eigenvalue weighted by Gasteiger charge is 2.16. The molecule has 0 aliphatic heterocycles. The van der Waals surface area contributed by atoms with E-state index >= 15 is 0 Å². The van der Waals surface area contributed by atoms with Crippen LogP contribution in [0.5, 0.6) is 0 Å². The van der Waals surface area contributed by atoms with Gasteiger partial charge in [0.1, 0.15) is 6.61 Å². The van der Waals surface area contributed by atoms with Crippen molar-refractivity contribution in [2.24, 2.45) is 0 Å². The molecule has 0 amide bonds. The van der Waals surface area contributed by atoms with E-state index in [-0.39, 0.29) is 31.6 Å². The van der Waals surface area contributed by atoms with Gasteiger partial charge in [-0.15, -0.1) is 0 Å². The van der Waals surface area contributed by atoms with Crippen LogP contribution in [-0.2, 0) is 19.1 Å². The van der Waals surface area contributed by atoms with Crippen molar-refractivity contribution in [1.29, 1.82) is 0 Å². The predicted molar refractivity (Wildman–Crippen MR) is 333 cm³/mol. The number of aliphatic hydroxyl groups is 1. The fourth-order valence-corrected chi connectivity index (χ4v) is 7.21. The number of hydrogen-bond donors (Lipinski definition) is 1. The summed E-state index contributed by atoms with van der Waals surface area (Å²) in [6, 6.07) is 0. The van der Waals surface area contributed by atoms with Gasteiger partial charge in [-0.2, -0.15) is 0 Å². The van der Waals surface area contributed by atoms with Crippen LogP contribution in [0, 0.1) is 0 Å². The van der Waals surface area contributed by atoms with E-state index < -0.39 is 6.10 Å². The minimum absolute atomic E-state index is 0.105. The van der Waals surface area contributed by atoms with Gasteiger partial charge in [0.05, 0.1) is 6.61 Å². The van der Waals surface area contributed by atoms with Crippen molar-refractivity contribution >= 4 is 11.9 Å². The Kier molecular flexibility index (Phi) is 59.1. The van der Waals surface area contributed by atoms with Gasteiger partial charge in [-0.1, -0.05) is 253 Å². The third-order valence-electron chi connectivity index (χ3n) is 11.6. The normalized spacial score (nSPS) is 13.8. The van der Waals surface area contributed by atoms with Crippen LogP contribution in [-0.4, -0.2) is 36.4 Å². The Morgan fingerprint density at radius 3 is 0.816 bits per heavy atom. The summed E-state index contributed by atoms with van der Waals surface area (Å²) >= 11 is 0. The molecule has 0 aromatic heterocycles. The Morgan fingerprint density at radius 1 is 0.303 bits per heavy atom. The smallest absolute Gasteiger partial charge is 0.306 e. The van der Waals surface area contributed by atoms with Crippen molar-refractivity contribution in [2.45, 2.75) is 213 Å². The molecule has 0 bridgehead atoms. The lowest BCUT2D eigenvalue weighted by molar-refractivity contribution is -0.161. The zero-order valence-electron chi connectivity index (χ0n) is 47.9. The fraction of sp³-hybridized carbons (Fsp3) is 0.493. The summed E-state index contributed by atoms with van der Waals surface area (Å²) in [6.45, 7) is 3.85. The Hall–Kier alpha value is -5.52. The lowest BCUT2D eigenvalue weighted by atomic mass is 10.1. The predicted octanol–water partition coefficient (Wildman–Crippen LogP) is 20.6. The maximum atomic E-state index is 12.3. The molecule has 420 valence electrons. The summed E-state index contributed by atoms with van der Waals surface area (Å²) in [5.41, 5.74) is 0. The fourth-order valence-electron chi connectivity index (χ4n) is 7.21. The van der Waals surface area contributed by atoms with E-state index in [0.717, 1.165) is 148 Å². The molecule has 1 atom stereocenters. The minimum atomic E-state index is -0.818. The number of hydrogen-bond acceptors (Lipinski definition) is 5. The van der Waals surface area contributed by atoms with Gasteiger partial charge in [0, 0.05) is 12.8 Å². The highest BCUT2D eigenvalue weighted by molar-refractivity contribution is 5.70. The molecule has 0 saturated carbocycles. The monoisotopic (exact) mass is 1040 g/mol. The molecule has 0 aromatic carbocycles. The number of carbonyl (C=O) groups excluding carboxylic acids is 2. The molecule has 5 heteroatoms. The first-order chi connectivity index (χ1) is 37.6. The van der Waals surface area contributed by atoms with E-state index in [0.29, 0.717) is 12.8 Å². The zero-order valence-corrected chi connectivity index (χ0v) is 47.9. The molecule has 0 aromatic rings. The van der Waals surface area contributed by atoms with Crippen molar-refractivity contribution in [3.05, 3.63) is 207 Å². The Morgan fingerprint density at radius 2 is 0.526 bits per heavy atom. The molecule has 0 radical (unpaired) electrons. The summed E-state index contributed by atoms with van der Waals surface area (Å²) < 4.78 is 10.7. The van der Waals surface area contributed by atoms with Crippen LogP contribution in [0.1, 0.15) is 206 Å². The maximum Gasteiger partial charge on any atom is 0.306 e. The van der Waals surface area contributed by atoms with E-state index in [4.69, 9.17) is 9.47 Å². The number of aliphatic hydroxyl groups excluding tert-OH is 1. The summed E-state index contributed by atoms with van der Waals surface area (Å²) in [5, 5.41) is 9.65. The molecule has 0 fully saturated rings. The average Bonchev–Trinajstić information content (AvgIpc) is 3.42. The van der Waals surface area contributed by atoms with E-state index in [1.165, 1.54) is 25.7 Å². The first-order valence-corrected chi connectivity index (χ1v) is 29.6. The molecule has 0 saturated heterocycles. The maximum absolute atomic E-state index is 12.3. The summed E-state index contributed by atoms with van der Waals surface area (Å²) in [7, 11) is 0. The molecule has 0 aliphatic rings. The van der Waals surface area contributed by atoms with Crippen molar-refractivity contribution in [1.82, 2.24) is 0 Å². The summed E-state index contributed by atoms with van der Waals surface area (Å²) in [6.07, 6.45) is 104. The number of ether oxygens (including phenoxy) is 2. The van der Waals surface area contributed by atoms with Gasteiger partial charge in [0.15, 0.2) is 6.10 Å². The summed E-state index contributed by atoms with van der Waals surface area (Å²) in [4.78, 5) is 24.5. The highest BCUT2D eigenvalue weighted by atomic mass is 16.6. The average molecular weight is 1040 g/mol. The largest absolute Gasteiger partial charge is 0.462 e. The van der Waals surface area contributed by atoms with Crippen LogP contribution in [0.2, 0.25) is 0 Å². The topological polar surface area (TPSA) is 72.8 Å². The van der Waals surface area contributed by atoms with Gasteiger partial charge in [0.25, 0.3) is 0 Å². The molecule has 0 rings (SSSR count). The number of rotatable bonds is 51. The first kappa shape index (κ1) is 70.5. The van der Waals surface area contributed by atoms with E-state index in [2.05, 4.69) is 220 Å². The molecular formula is C71H106O5. The number of unbranched alkanes of at least 4 members (excludes halogenated alkanes) is 9. The highest BCUT2D eigenvalue weighted by Crippen LogP contribution is 2.12. The van der Waals surface area contributed by atoms with Crippen molar-refractivity contribution in [3.63, 3.8) is 0 Å². The molecule has 0 aliphatic carbocycles. The molecule has 5 nitrogen and oxygen atoms in total. The lowest BCUT2D eigenvalue weighted by Crippen LogP contribution is -2.28. The van der Waals surface area contributed by atoms with E-state index in [1.54, 1.807) is 0 Å². The van der Waals surface area contributed by atoms with Gasteiger partial charge in [-0.25, -0.2) is 0 Å². The van der Waals surface area contributed by atoms with Gasteiger partial charge in [-0.05, 0) is 148 Å². The molecular weight excluding hydrogens is 933 g/mol. The molecule has 0 heterocycles. The Labute approximate surface area is 466 Å². The number of carbonyl (C=O) groups is 2. The quantitative estimate of drug-likeness (QED) is 0.0373. The lowest BCUT2D eigenvalue weighted by Gasteiger charge is -2.15. The second-order valence-corrected chi connectivity index (χ2v) is 18.6. The van der Waals surface area contributed by atoms with Gasteiger partial charge in [0.2, 0.25) is 0 Å². The standard InChI is InChI=1S/C71H106O5/c1-3-5-7-9-11-13-15-17-19-21-23-25-27-28-29-30-31-32-33-34-35-36-37-38-39-40-41-42-44-46-48-50-52-54-56-58-60-62-64-66-71(74)76-69(67-72)68-75-70(73)65-63-61-59-57-55-53-51-49-47-45-43-26-24-22-20-18-16-14-12-10-8-6-4-2/h5-8,11-14,17-20,23-26,28-29,31-32,34-35,37-38,40-41,44-47,50,52,56,58,69,72H,3-4,9-10,15-16,21-22,27,30,33,36,39,42-43,48-49,51,53-55,57,59-68H2,1-2H3/b7-5-,8-6-,13-11-,14-12-,19-17-,20-18-,25-23-,26-24-,29-28-,32-31-,35-34-,38-37-,41-40-,46-44-,47-45-,52-50-,58-56-. The zero-order chi connectivity index (χ0) is 54.8. The third kappa shape index (κ3) is 61.0. The summed E-state index contributed by atoms with van der Waals surface area (Å²) in [5.74, 6) is -0.673. The van der Waals surface area contributed by atoms with Crippen LogP contribution >= 0.6 is 0 Å². The SMILES string of the molecule is CC/C=C\C/C=C\C/C=C\C/C=C\C/C=C\C/C=C\C/C=C\C/C=C\C/C=C\C/C=C\C/C=C\C/C=C\CCCCC(=O)OC(CO)COC(=O)CCCCCCCCC/C=C\C/C=C\C/C=C\C/C=C\C/C=C\CC. The van der Waals surface area contributed by atoms with Crippen LogP contribution in [0.4, 0.5) is 0 Å². The molecule has 76 heavy (non-hydrogen) atoms. The first-order valence-electron chi connectivity index (χ1n) is 29.6. The van der Waals surface area contributed by atoms with E-state index in [9.17, 15) is 14.7 Å². The van der Waals surface area contributed by atoms with Crippen LogP contribution in [0.15, 0.2) is 207 Å². The second kappa shape index (κ2) is 63.8. The number of esters is 2. The van der Waals surface area contributed by atoms with Gasteiger partial charge in [-0.3, -0.25) is 9.59 Å². The minimum Gasteiger partial charge on any atom is -0.462 e. The number of allylic oxidation sites excluding steroid dienone is 34. The van der Waals surface area contributed by atoms with Crippen LogP contribution in [0.3, 0.4) is 0 Å². The van der Waals surface area contributed by atoms with Gasteiger partial charge < -0.3 is 14.6 Å². The van der Waals surface area contributed by atoms with Gasteiger partial charge >= 0.3 is 11.9 Å². The van der Waals surface area contributed by atoms with Crippen LogP contribution < -0.4 is 0 Å². The Balaban J connectivity index is 3.73. The molecule has 1 unspecified atom stereocenters. The molecule has 1 N–H and O–H groups in total. The van der Waals surface area contributed by atoms with Crippen molar-refractivity contribution in [2.75, 3.05) is 13.2 Å². The van der Waals surface area contributed by atoms with Crippen LogP contribution in [0.25, 0.3) is 0 Å². The van der Waals surface area contributed by atoms with Crippen molar-refractivity contribution < 1.29 is 24.2 Å². The Bertz CT molecular complexity index is 1840. The van der Waals surface area contributed by atoms with E-state index in [1.807, 2.05) is 0 Å².